The summed E-state index contributed by atoms with van der Waals surface area (Å²) >= 11 is 0. The first kappa shape index (κ1) is 14.3. The first-order chi connectivity index (χ1) is 9.58. The number of nitrogens with one attached hydrogen (secondary N) is 1. The van der Waals surface area contributed by atoms with Gasteiger partial charge >= 0.3 is 5.97 Å². The fourth-order valence-corrected chi connectivity index (χ4v) is 2.35. The molecule has 106 valence electrons. The van der Waals surface area contributed by atoms with Crippen LogP contribution in [0.2, 0.25) is 0 Å². The van der Waals surface area contributed by atoms with Crippen molar-refractivity contribution in [1.29, 1.82) is 0 Å². The van der Waals surface area contributed by atoms with Crippen LogP contribution in [0.25, 0.3) is 10.9 Å². The highest BCUT2D eigenvalue weighted by atomic mass is 16.5. The van der Waals surface area contributed by atoms with E-state index in [0.717, 1.165) is 23.9 Å². The minimum atomic E-state index is -0.561. The van der Waals surface area contributed by atoms with Gasteiger partial charge in [-0.05, 0) is 38.0 Å². The highest BCUT2D eigenvalue weighted by Gasteiger charge is 2.17. The number of aryl methyl sites for hydroxylation is 2. The minimum Gasteiger partial charge on any atom is -0.462 e. The monoisotopic (exact) mass is 273 g/mol. The maximum Gasteiger partial charge on any atom is 0.343 e. The fourth-order valence-electron chi connectivity index (χ4n) is 2.35. The fraction of sp³-hybridized carbons (Fsp3) is 0.375. The molecule has 0 aliphatic rings. The van der Waals surface area contributed by atoms with E-state index in [1.165, 1.54) is 0 Å². The predicted octanol–water partition coefficient (Wildman–Crippen LogP) is 2.97. The zero-order valence-corrected chi connectivity index (χ0v) is 12.1. The molecule has 0 bridgehead atoms. The number of esters is 1. The summed E-state index contributed by atoms with van der Waals surface area (Å²) in [5.41, 5.74) is 2.24. The molecule has 2 aromatic rings. The number of hydrogen-bond donors (Lipinski definition) is 1. The molecule has 1 aromatic carbocycles. The highest BCUT2D eigenvalue weighted by Crippen LogP contribution is 2.15. The topological polar surface area (TPSA) is 59.2 Å². The van der Waals surface area contributed by atoms with Crippen LogP contribution in [0.5, 0.6) is 0 Å². The Kier molecular flexibility index (Phi) is 4.23. The molecule has 1 heterocycles. The molecule has 0 amide bonds. The maximum absolute atomic E-state index is 12.5. The SMILES string of the molecule is CCCc1ccc2[nH]c(C)c(C(=O)OCC)c(=O)c2c1. The Morgan fingerprint density at radius 3 is 2.70 bits per heavy atom. The Bertz CT molecular complexity index is 701. The van der Waals surface area contributed by atoms with Crippen molar-refractivity contribution in [3.63, 3.8) is 0 Å². The summed E-state index contributed by atoms with van der Waals surface area (Å²) in [6.45, 7) is 5.79. The summed E-state index contributed by atoms with van der Waals surface area (Å²) in [6, 6.07) is 5.76. The number of ether oxygens (including phenoxy) is 1. The number of benzene rings is 1. The van der Waals surface area contributed by atoms with E-state index in [1.54, 1.807) is 13.8 Å². The molecule has 1 N–H and O–H groups in total. The van der Waals surface area contributed by atoms with Crippen LogP contribution in [0, 0.1) is 6.92 Å². The molecule has 0 aliphatic carbocycles. The van der Waals surface area contributed by atoms with Crippen LogP contribution < -0.4 is 5.43 Å². The summed E-state index contributed by atoms with van der Waals surface area (Å²) in [6.07, 6.45) is 1.93. The van der Waals surface area contributed by atoms with Crippen molar-refractivity contribution >= 4 is 16.9 Å². The van der Waals surface area contributed by atoms with Gasteiger partial charge in [0.05, 0.1) is 6.61 Å². The van der Waals surface area contributed by atoms with E-state index < -0.39 is 5.97 Å². The number of aromatic nitrogens is 1. The molecule has 1 aromatic heterocycles. The van der Waals surface area contributed by atoms with Gasteiger partial charge < -0.3 is 9.72 Å². The van der Waals surface area contributed by atoms with Crippen molar-refractivity contribution in [3.8, 4) is 0 Å². The summed E-state index contributed by atoms with van der Waals surface area (Å²) in [5.74, 6) is -0.561. The molecule has 4 nitrogen and oxygen atoms in total. The Balaban J connectivity index is 2.65. The molecular formula is C16H19NO3. The van der Waals surface area contributed by atoms with Gasteiger partial charge in [-0.3, -0.25) is 4.79 Å². The second kappa shape index (κ2) is 5.90. The highest BCUT2D eigenvalue weighted by molar-refractivity contribution is 5.95. The van der Waals surface area contributed by atoms with Gasteiger partial charge in [0.25, 0.3) is 0 Å². The first-order valence-corrected chi connectivity index (χ1v) is 6.91. The van der Waals surface area contributed by atoms with Crippen LogP contribution in [0.4, 0.5) is 0 Å². The number of carbonyl (C=O) groups excluding carboxylic acids is 1. The van der Waals surface area contributed by atoms with E-state index in [-0.39, 0.29) is 17.6 Å². The van der Waals surface area contributed by atoms with Crippen LogP contribution >= 0.6 is 0 Å². The Morgan fingerprint density at radius 1 is 1.30 bits per heavy atom. The largest absolute Gasteiger partial charge is 0.462 e. The summed E-state index contributed by atoms with van der Waals surface area (Å²) in [4.78, 5) is 27.5. The number of H-pyrrole nitrogens is 1. The third-order valence-corrected chi connectivity index (χ3v) is 3.27. The third-order valence-electron chi connectivity index (χ3n) is 3.27. The molecule has 0 fully saturated rings. The molecule has 0 aliphatic heterocycles. The Labute approximate surface area is 117 Å². The van der Waals surface area contributed by atoms with Crippen molar-refractivity contribution in [3.05, 3.63) is 45.2 Å². The molecule has 20 heavy (non-hydrogen) atoms. The number of rotatable bonds is 4. The van der Waals surface area contributed by atoms with Crippen LogP contribution in [0.1, 0.15) is 41.9 Å². The van der Waals surface area contributed by atoms with Gasteiger partial charge in [-0.15, -0.1) is 0 Å². The van der Waals surface area contributed by atoms with E-state index in [4.69, 9.17) is 4.74 Å². The van der Waals surface area contributed by atoms with E-state index >= 15 is 0 Å². The number of hydrogen-bond acceptors (Lipinski definition) is 3. The van der Waals surface area contributed by atoms with Crippen LogP contribution in [-0.2, 0) is 11.2 Å². The summed E-state index contributed by atoms with van der Waals surface area (Å²) in [7, 11) is 0. The quantitative estimate of drug-likeness (QED) is 0.871. The van der Waals surface area contributed by atoms with Crippen molar-refractivity contribution < 1.29 is 9.53 Å². The first-order valence-electron chi connectivity index (χ1n) is 6.91. The number of pyridine rings is 1. The van der Waals surface area contributed by atoms with E-state index in [0.29, 0.717) is 11.1 Å². The van der Waals surface area contributed by atoms with Crippen molar-refractivity contribution in [1.82, 2.24) is 4.98 Å². The molecule has 0 unspecified atom stereocenters. The molecule has 0 atom stereocenters. The third kappa shape index (κ3) is 2.59. The molecule has 0 saturated heterocycles. The van der Waals surface area contributed by atoms with Crippen molar-refractivity contribution in [2.24, 2.45) is 0 Å². The van der Waals surface area contributed by atoms with Crippen LogP contribution in [0.3, 0.4) is 0 Å². The lowest BCUT2D eigenvalue weighted by Gasteiger charge is -2.08. The van der Waals surface area contributed by atoms with Crippen LogP contribution in [-0.4, -0.2) is 17.6 Å². The van der Waals surface area contributed by atoms with Crippen molar-refractivity contribution in [2.75, 3.05) is 6.61 Å². The number of aromatic amines is 1. The second-order valence-electron chi connectivity index (χ2n) is 4.80. The lowest BCUT2D eigenvalue weighted by molar-refractivity contribution is 0.0524. The van der Waals surface area contributed by atoms with Gasteiger partial charge in [0.15, 0.2) is 0 Å². The van der Waals surface area contributed by atoms with Gasteiger partial charge in [0.2, 0.25) is 5.43 Å². The normalized spacial score (nSPS) is 10.8. The van der Waals surface area contributed by atoms with Gasteiger partial charge in [0, 0.05) is 16.6 Å². The van der Waals surface area contributed by atoms with Gasteiger partial charge in [-0.25, -0.2) is 4.79 Å². The number of fused-ring (bicyclic) bond motifs is 1. The minimum absolute atomic E-state index is 0.105. The zero-order valence-electron chi connectivity index (χ0n) is 12.1. The van der Waals surface area contributed by atoms with E-state index in [9.17, 15) is 9.59 Å². The standard InChI is InChI=1S/C16H19NO3/c1-4-6-11-7-8-13-12(9-11)15(18)14(10(3)17-13)16(19)20-5-2/h7-9H,4-6H2,1-3H3,(H,17,18). The van der Waals surface area contributed by atoms with Crippen molar-refractivity contribution in [2.45, 2.75) is 33.6 Å². The second-order valence-corrected chi connectivity index (χ2v) is 4.80. The lowest BCUT2D eigenvalue weighted by atomic mass is 10.0. The zero-order chi connectivity index (χ0) is 14.7. The summed E-state index contributed by atoms with van der Waals surface area (Å²) in [5, 5.41) is 0.546. The van der Waals surface area contributed by atoms with E-state index in [2.05, 4.69) is 11.9 Å². The molecule has 0 saturated carbocycles. The molecule has 4 heteroatoms. The van der Waals surface area contributed by atoms with Gasteiger partial charge in [0.1, 0.15) is 5.56 Å². The number of carbonyl (C=O) groups is 1. The van der Waals surface area contributed by atoms with Gasteiger partial charge in [-0.2, -0.15) is 0 Å². The Morgan fingerprint density at radius 2 is 2.05 bits per heavy atom. The smallest absolute Gasteiger partial charge is 0.343 e. The van der Waals surface area contributed by atoms with Crippen LogP contribution in [0.15, 0.2) is 23.0 Å². The lowest BCUT2D eigenvalue weighted by Crippen LogP contribution is -2.20. The van der Waals surface area contributed by atoms with Gasteiger partial charge in [-0.1, -0.05) is 19.4 Å². The predicted molar refractivity (Wildman–Crippen MR) is 79.3 cm³/mol. The molecule has 2 rings (SSSR count). The maximum atomic E-state index is 12.5. The van der Waals surface area contributed by atoms with E-state index in [1.807, 2.05) is 18.2 Å². The molecule has 0 radical (unpaired) electrons. The summed E-state index contributed by atoms with van der Waals surface area (Å²) < 4.78 is 4.96. The molecule has 0 spiro atoms. The molecular weight excluding hydrogens is 254 g/mol. The average Bonchev–Trinajstić information content (AvgIpc) is 2.40. The average molecular weight is 273 g/mol. The Hall–Kier alpha value is -2.10.